The van der Waals surface area contributed by atoms with Crippen LogP contribution in [0.2, 0.25) is 0 Å². The molecule has 0 aliphatic carbocycles. The van der Waals surface area contributed by atoms with E-state index in [1.807, 2.05) is 25.7 Å². The third-order valence-electron chi connectivity index (χ3n) is 3.67. The largest absolute Gasteiger partial charge is 0.493 e. The highest BCUT2D eigenvalue weighted by Gasteiger charge is 2.19. The highest BCUT2D eigenvalue weighted by molar-refractivity contribution is 5.42. The Labute approximate surface area is 113 Å². The molecule has 0 radical (unpaired) electrons. The minimum Gasteiger partial charge on any atom is -0.493 e. The van der Waals surface area contributed by atoms with Crippen molar-refractivity contribution in [1.82, 2.24) is 15.1 Å². The molecule has 0 amide bonds. The Morgan fingerprint density at radius 2 is 2.21 bits per heavy atom. The van der Waals surface area contributed by atoms with Crippen LogP contribution in [0.4, 0.5) is 0 Å². The second-order valence-electron chi connectivity index (χ2n) is 5.02. The molecule has 0 saturated heterocycles. The summed E-state index contributed by atoms with van der Waals surface area (Å²) in [4.78, 5) is 0. The zero-order valence-electron chi connectivity index (χ0n) is 11.6. The van der Waals surface area contributed by atoms with Gasteiger partial charge in [-0.2, -0.15) is 5.10 Å². The van der Waals surface area contributed by atoms with Crippen LogP contribution in [0.25, 0.3) is 0 Å². The molecule has 4 nitrogen and oxygen atoms in total. The van der Waals surface area contributed by atoms with Crippen molar-refractivity contribution in [3.8, 4) is 5.75 Å². The molecule has 1 aliphatic rings. The molecule has 0 spiro atoms. The number of ether oxygens (including phenoxy) is 1. The fraction of sp³-hybridized carbons (Fsp3) is 0.400. The molecule has 4 heteroatoms. The summed E-state index contributed by atoms with van der Waals surface area (Å²) in [7, 11) is 3.97. The van der Waals surface area contributed by atoms with Crippen molar-refractivity contribution in [2.24, 2.45) is 7.05 Å². The molecule has 0 bridgehead atoms. The summed E-state index contributed by atoms with van der Waals surface area (Å²) in [6, 6.07) is 8.74. The van der Waals surface area contributed by atoms with E-state index in [0.29, 0.717) is 0 Å². The molecule has 19 heavy (non-hydrogen) atoms. The van der Waals surface area contributed by atoms with E-state index in [9.17, 15) is 0 Å². The molecule has 1 aromatic carbocycles. The highest BCUT2D eigenvalue weighted by Crippen LogP contribution is 2.30. The molecule has 1 unspecified atom stereocenters. The fourth-order valence-corrected chi connectivity index (χ4v) is 2.77. The molecule has 2 heterocycles. The minimum absolute atomic E-state index is 0.164. The molecule has 1 atom stereocenters. The number of aromatic nitrogens is 2. The van der Waals surface area contributed by atoms with Crippen molar-refractivity contribution in [2.75, 3.05) is 13.7 Å². The van der Waals surface area contributed by atoms with E-state index in [1.165, 1.54) is 16.8 Å². The van der Waals surface area contributed by atoms with E-state index in [2.05, 4.69) is 34.7 Å². The summed E-state index contributed by atoms with van der Waals surface area (Å²) in [6.07, 6.45) is 1.00. The molecule has 1 aromatic heterocycles. The Hall–Kier alpha value is -1.81. The Morgan fingerprint density at radius 3 is 2.89 bits per heavy atom. The third kappa shape index (κ3) is 2.12. The van der Waals surface area contributed by atoms with Gasteiger partial charge < -0.3 is 10.1 Å². The lowest BCUT2D eigenvalue weighted by Crippen LogP contribution is -2.20. The molecular weight excluding hydrogens is 238 g/mol. The van der Waals surface area contributed by atoms with E-state index in [0.717, 1.165) is 24.5 Å². The first kappa shape index (κ1) is 12.2. The van der Waals surface area contributed by atoms with Gasteiger partial charge in [-0.3, -0.25) is 4.68 Å². The fourth-order valence-electron chi connectivity index (χ4n) is 2.77. The van der Waals surface area contributed by atoms with E-state index in [-0.39, 0.29) is 6.04 Å². The lowest BCUT2D eigenvalue weighted by Gasteiger charge is -2.17. The Kier molecular flexibility index (Phi) is 3.03. The maximum absolute atomic E-state index is 5.56. The van der Waals surface area contributed by atoms with Gasteiger partial charge >= 0.3 is 0 Å². The van der Waals surface area contributed by atoms with Crippen LogP contribution in [0, 0.1) is 6.92 Å². The third-order valence-corrected chi connectivity index (χ3v) is 3.67. The summed E-state index contributed by atoms with van der Waals surface area (Å²) < 4.78 is 7.51. The lowest BCUT2D eigenvalue weighted by atomic mass is 10.00. The molecule has 1 aliphatic heterocycles. The van der Waals surface area contributed by atoms with Crippen LogP contribution >= 0.6 is 0 Å². The minimum atomic E-state index is 0.164. The van der Waals surface area contributed by atoms with E-state index in [4.69, 9.17) is 4.74 Å². The number of fused-ring (bicyclic) bond motifs is 1. The standard InChI is InChI=1S/C15H19N3O/c1-10-8-13(18(3)17-10)15(16-2)12-4-5-14-11(9-12)6-7-19-14/h4-5,8-9,15-16H,6-7H2,1-3H3. The second kappa shape index (κ2) is 4.70. The van der Waals surface area contributed by atoms with Crippen molar-refractivity contribution in [1.29, 1.82) is 0 Å². The molecule has 3 rings (SSSR count). The predicted molar refractivity (Wildman–Crippen MR) is 74.5 cm³/mol. The Morgan fingerprint density at radius 1 is 1.37 bits per heavy atom. The normalized spacial score (nSPS) is 15.1. The summed E-state index contributed by atoms with van der Waals surface area (Å²) in [5.41, 5.74) is 4.78. The average Bonchev–Trinajstić information content (AvgIpc) is 2.97. The van der Waals surface area contributed by atoms with Crippen molar-refractivity contribution in [3.05, 3.63) is 46.8 Å². The zero-order chi connectivity index (χ0) is 13.4. The molecule has 1 N–H and O–H groups in total. The molecular formula is C15H19N3O. The smallest absolute Gasteiger partial charge is 0.122 e. The number of benzene rings is 1. The number of nitrogens with one attached hydrogen (secondary N) is 1. The highest BCUT2D eigenvalue weighted by atomic mass is 16.5. The predicted octanol–water partition coefficient (Wildman–Crippen LogP) is 1.97. The van der Waals surface area contributed by atoms with E-state index < -0.39 is 0 Å². The molecule has 2 aromatic rings. The van der Waals surface area contributed by atoms with Gasteiger partial charge in [-0.25, -0.2) is 0 Å². The Bertz CT molecular complexity index is 603. The number of nitrogens with zero attached hydrogens (tertiary/aromatic N) is 2. The quantitative estimate of drug-likeness (QED) is 0.913. The van der Waals surface area contributed by atoms with Crippen molar-refractivity contribution < 1.29 is 4.74 Å². The summed E-state index contributed by atoms with van der Waals surface area (Å²) in [6.45, 7) is 2.82. The van der Waals surface area contributed by atoms with Crippen LogP contribution in [-0.2, 0) is 13.5 Å². The topological polar surface area (TPSA) is 39.1 Å². The van der Waals surface area contributed by atoms with Gasteiger partial charge in [0.1, 0.15) is 5.75 Å². The van der Waals surface area contributed by atoms with Gasteiger partial charge in [0, 0.05) is 13.5 Å². The maximum atomic E-state index is 5.56. The molecule has 0 fully saturated rings. The van der Waals surface area contributed by atoms with Crippen LogP contribution in [0.3, 0.4) is 0 Å². The Balaban J connectivity index is 2.00. The van der Waals surface area contributed by atoms with Gasteiger partial charge in [0.15, 0.2) is 0 Å². The maximum Gasteiger partial charge on any atom is 0.122 e. The SMILES string of the molecule is CNC(c1ccc2c(c1)CCO2)c1cc(C)nn1C. The van der Waals surface area contributed by atoms with Gasteiger partial charge in [0.2, 0.25) is 0 Å². The van der Waals surface area contributed by atoms with Gasteiger partial charge in [-0.05, 0) is 37.2 Å². The summed E-state index contributed by atoms with van der Waals surface area (Å²) in [5.74, 6) is 1.03. The summed E-state index contributed by atoms with van der Waals surface area (Å²) in [5, 5.41) is 7.81. The average molecular weight is 257 g/mol. The second-order valence-corrected chi connectivity index (χ2v) is 5.02. The van der Waals surface area contributed by atoms with Crippen LogP contribution in [0.5, 0.6) is 5.75 Å². The van der Waals surface area contributed by atoms with E-state index >= 15 is 0 Å². The van der Waals surface area contributed by atoms with Gasteiger partial charge in [-0.1, -0.05) is 12.1 Å². The monoisotopic (exact) mass is 257 g/mol. The van der Waals surface area contributed by atoms with Crippen molar-refractivity contribution in [3.63, 3.8) is 0 Å². The molecule has 100 valence electrons. The van der Waals surface area contributed by atoms with Crippen LogP contribution in [0.1, 0.15) is 28.6 Å². The zero-order valence-corrected chi connectivity index (χ0v) is 11.6. The number of hydrogen-bond donors (Lipinski definition) is 1. The first-order chi connectivity index (χ1) is 9.19. The van der Waals surface area contributed by atoms with Crippen molar-refractivity contribution >= 4 is 0 Å². The van der Waals surface area contributed by atoms with Crippen molar-refractivity contribution in [2.45, 2.75) is 19.4 Å². The van der Waals surface area contributed by atoms with Crippen LogP contribution < -0.4 is 10.1 Å². The lowest BCUT2D eigenvalue weighted by molar-refractivity contribution is 0.357. The summed E-state index contributed by atoms with van der Waals surface area (Å²) >= 11 is 0. The van der Waals surface area contributed by atoms with E-state index in [1.54, 1.807) is 0 Å². The van der Waals surface area contributed by atoms with Crippen LogP contribution in [-0.4, -0.2) is 23.4 Å². The molecule has 0 saturated carbocycles. The van der Waals surface area contributed by atoms with Crippen LogP contribution in [0.15, 0.2) is 24.3 Å². The number of rotatable bonds is 3. The first-order valence-electron chi connectivity index (χ1n) is 6.62. The first-order valence-corrected chi connectivity index (χ1v) is 6.62. The van der Waals surface area contributed by atoms with Gasteiger partial charge in [-0.15, -0.1) is 0 Å². The number of aryl methyl sites for hydroxylation is 2. The number of hydrogen-bond acceptors (Lipinski definition) is 3. The van der Waals surface area contributed by atoms with Gasteiger partial charge in [0.25, 0.3) is 0 Å². The van der Waals surface area contributed by atoms with Gasteiger partial charge in [0.05, 0.1) is 24.0 Å².